The van der Waals surface area contributed by atoms with Crippen LogP contribution in [0.15, 0.2) is 23.4 Å². The predicted molar refractivity (Wildman–Crippen MR) is 127 cm³/mol. The van der Waals surface area contributed by atoms with Crippen LogP contribution in [0.2, 0.25) is 0 Å². The van der Waals surface area contributed by atoms with Crippen molar-refractivity contribution in [3.8, 4) is 0 Å². The van der Waals surface area contributed by atoms with Crippen molar-refractivity contribution < 1.29 is 28.5 Å². The average molecular weight is 523 g/mol. The van der Waals surface area contributed by atoms with E-state index in [1.165, 1.54) is 22.5 Å². The van der Waals surface area contributed by atoms with Crippen molar-refractivity contribution in [3.63, 3.8) is 0 Å². The standard InChI is InChI=1S/C23H28F2N6O4S/c1-2-7-36-23-27-21(26)18-22(28-23)31(30-29-18)15-10-17(20(33)19(15)32)35-6-5-34-16-9-12(16)11-3-4-13(24)14(25)8-11/h3-4,8,12,15-17,19-20,32-33H,2,5-7,9-10H2,1H3,(H2,26,27,28). The van der Waals surface area contributed by atoms with Gasteiger partial charge in [0.1, 0.15) is 12.2 Å². The van der Waals surface area contributed by atoms with Gasteiger partial charge in [0.15, 0.2) is 33.8 Å². The zero-order chi connectivity index (χ0) is 25.4. The number of nitrogens with two attached hydrogens (primary N) is 1. The van der Waals surface area contributed by atoms with Gasteiger partial charge in [0, 0.05) is 18.1 Å². The van der Waals surface area contributed by atoms with Crippen LogP contribution in [0, 0.1) is 11.6 Å². The largest absolute Gasteiger partial charge is 0.388 e. The lowest BCUT2D eigenvalue weighted by molar-refractivity contribution is -0.0700. The molecule has 2 aromatic heterocycles. The molecular weight excluding hydrogens is 494 g/mol. The first kappa shape index (κ1) is 25.2. The zero-order valence-corrected chi connectivity index (χ0v) is 20.4. The maximum Gasteiger partial charge on any atom is 0.191 e. The number of aliphatic hydroxyl groups excluding tert-OH is 2. The third-order valence-electron chi connectivity index (χ3n) is 6.53. The van der Waals surface area contributed by atoms with E-state index in [1.54, 1.807) is 6.07 Å². The first-order valence-corrected chi connectivity index (χ1v) is 12.9. The van der Waals surface area contributed by atoms with Crippen LogP contribution in [0.4, 0.5) is 14.6 Å². The fraction of sp³-hybridized carbons (Fsp3) is 0.565. The molecule has 5 rings (SSSR count). The quantitative estimate of drug-likeness (QED) is 0.206. The number of rotatable bonds is 10. The molecule has 4 N–H and O–H groups in total. The van der Waals surface area contributed by atoms with Gasteiger partial charge in [-0.1, -0.05) is 30.0 Å². The molecule has 10 nitrogen and oxygen atoms in total. The van der Waals surface area contributed by atoms with Gasteiger partial charge in [-0.05, 0) is 30.5 Å². The van der Waals surface area contributed by atoms with Crippen molar-refractivity contribution in [2.75, 3.05) is 24.7 Å². The summed E-state index contributed by atoms with van der Waals surface area (Å²) >= 11 is 1.47. The summed E-state index contributed by atoms with van der Waals surface area (Å²) in [5.74, 6) is -0.664. The minimum atomic E-state index is -1.13. The van der Waals surface area contributed by atoms with Crippen molar-refractivity contribution in [2.24, 2.45) is 0 Å². The summed E-state index contributed by atoms with van der Waals surface area (Å²) < 4.78 is 39.6. The van der Waals surface area contributed by atoms with Crippen LogP contribution in [0.1, 0.15) is 43.7 Å². The molecule has 194 valence electrons. The van der Waals surface area contributed by atoms with Crippen LogP contribution < -0.4 is 5.73 Å². The van der Waals surface area contributed by atoms with Gasteiger partial charge in [0.25, 0.3) is 0 Å². The van der Waals surface area contributed by atoms with Crippen molar-refractivity contribution in [1.29, 1.82) is 0 Å². The number of thioether (sulfide) groups is 1. The van der Waals surface area contributed by atoms with Crippen molar-refractivity contribution in [1.82, 2.24) is 25.0 Å². The van der Waals surface area contributed by atoms with Gasteiger partial charge >= 0.3 is 0 Å². The maximum absolute atomic E-state index is 13.4. The smallest absolute Gasteiger partial charge is 0.191 e. The first-order chi connectivity index (χ1) is 17.4. The Balaban J connectivity index is 1.16. The number of nitrogens with zero attached hydrogens (tertiary/aromatic N) is 5. The molecule has 0 bridgehead atoms. The SMILES string of the molecule is CCCSc1nc(N)c2nnn(C3CC(OCCOC4CC4c4ccc(F)c(F)c4)C(O)C3O)c2n1. The van der Waals surface area contributed by atoms with E-state index in [9.17, 15) is 19.0 Å². The highest BCUT2D eigenvalue weighted by atomic mass is 32.2. The van der Waals surface area contributed by atoms with Crippen molar-refractivity contribution >= 4 is 28.7 Å². The third-order valence-corrected chi connectivity index (χ3v) is 7.58. The molecular formula is C23H28F2N6O4S. The van der Waals surface area contributed by atoms with Gasteiger partial charge in [-0.15, -0.1) is 5.10 Å². The molecule has 0 spiro atoms. The fourth-order valence-corrected chi connectivity index (χ4v) is 5.24. The summed E-state index contributed by atoms with van der Waals surface area (Å²) in [5.41, 5.74) is 7.49. The Labute approximate surface area is 210 Å². The normalized spacial score (nSPS) is 27.7. The van der Waals surface area contributed by atoms with E-state index < -0.39 is 36.0 Å². The Bertz CT molecular complexity index is 1230. The number of anilines is 1. The van der Waals surface area contributed by atoms with Crippen molar-refractivity contribution in [2.45, 2.75) is 67.7 Å². The predicted octanol–water partition coefficient (Wildman–Crippen LogP) is 2.21. The molecule has 0 radical (unpaired) electrons. The number of aliphatic hydroxyl groups is 2. The molecule has 3 aromatic rings. The highest BCUT2D eigenvalue weighted by Gasteiger charge is 2.45. The molecule has 0 amide bonds. The molecule has 2 aliphatic carbocycles. The Kier molecular flexibility index (Phi) is 7.35. The molecule has 6 unspecified atom stereocenters. The molecule has 0 saturated heterocycles. The van der Waals surface area contributed by atoms with E-state index in [1.807, 2.05) is 0 Å². The summed E-state index contributed by atoms with van der Waals surface area (Å²) in [5, 5.41) is 30.0. The summed E-state index contributed by atoms with van der Waals surface area (Å²) in [7, 11) is 0. The van der Waals surface area contributed by atoms with E-state index in [0.29, 0.717) is 28.3 Å². The summed E-state index contributed by atoms with van der Waals surface area (Å²) in [4.78, 5) is 8.78. The lowest BCUT2D eigenvalue weighted by Crippen LogP contribution is -2.33. The van der Waals surface area contributed by atoms with Gasteiger partial charge in [-0.3, -0.25) is 0 Å². The van der Waals surface area contributed by atoms with Crippen LogP contribution in [-0.2, 0) is 9.47 Å². The molecule has 13 heteroatoms. The highest BCUT2D eigenvalue weighted by Crippen LogP contribution is 2.43. The van der Waals surface area contributed by atoms with Gasteiger partial charge < -0.3 is 25.4 Å². The number of benzene rings is 1. The number of fused-ring (bicyclic) bond motifs is 1. The monoisotopic (exact) mass is 522 g/mol. The van der Waals surface area contributed by atoms with Crippen LogP contribution in [-0.4, -0.2) is 78.6 Å². The highest BCUT2D eigenvalue weighted by molar-refractivity contribution is 7.99. The molecule has 2 saturated carbocycles. The Morgan fingerprint density at radius 2 is 1.86 bits per heavy atom. The molecule has 0 aliphatic heterocycles. The molecule has 2 aliphatic rings. The Morgan fingerprint density at radius 1 is 1.08 bits per heavy atom. The molecule has 1 aromatic carbocycles. The van der Waals surface area contributed by atoms with E-state index in [4.69, 9.17) is 15.2 Å². The van der Waals surface area contributed by atoms with Crippen LogP contribution >= 0.6 is 11.8 Å². The van der Waals surface area contributed by atoms with Crippen LogP contribution in [0.25, 0.3) is 11.2 Å². The number of hydrogen-bond donors (Lipinski definition) is 3. The second kappa shape index (κ2) is 10.5. The zero-order valence-electron chi connectivity index (χ0n) is 19.6. The summed E-state index contributed by atoms with van der Waals surface area (Å²) in [6, 6.07) is 3.29. The average Bonchev–Trinajstić information content (AvgIpc) is 3.43. The number of ether oxygens (including phenoxy) is 2. The topological polar surface area (TPSA) is 141 Å². The van der Waals surface area contributed by atoms with Gasteiger partial charge in [0.05, 0.1) is 31.5 Å². The summed E-state index contributed by atoms with van der Waals surface area (Å²) in [6.45, 7) is 2.52. The molecule has 2 fully saturated rings. The fourth-order valence-electron chi connectivity index (χ4n) is 4.54. The van der Waals surface area contributed by atoms with E-state index in [0.717, 1.165) is 24.7 Å². The minimum absolute atomic E-state index is 0.0266. The van der Waals surface area contributed by atoms with Crippen LogP contribution in [0.5, 0.6) is 0 Å². The number of aromatic nitrogens is 5. The van der Waals surface area contributed by atoms with Crippen LogP contribution in [0.3, 0.4) is 0 Å². The van der Waals surface area contributed by atoms with Crippen molar-refractivity contribution in [3.05, 3.63) is 35.4 Å². The van der Waals surface area contributed by atoms with E-state index >= 15 is 0 Å². The van der Waals surface area contributed by atoms with Gasteiger partial charge in [-0.2, -0.15) is 0 Å². The Morgan fingerprint density at radius 3 is 2.61 bits per heavy atom. The molecule has 36 heavy (non-hydrogen) atoms. The summed E-state index contributed by atoms with van der Waals surface area (Å²) in [6.07, 6.45) is -1.02. The number of halogens is 2. The minimum Gasteiger partial charge on any atom is -0.388 e. The second-order valence-electron chi connectivity index (χ2n) is 9.06. The van der Waals surface area contributed by atoms with E-state index in [-0.39, 0.29) is 31.1 Å². The second-order valence-corrected chi connectivity index (χ2v) is 10.1. The number of nitrogen functional groups attached to an aromatic ring is 1. The van der Waals surface area contributed by atoms with Gasteiger partial charge in [0.2, 0.25) is 0 Å². The first-order valence-electron chi connectivity index (χ1n) is 11.9. The third kappa shape index (κ3) is 5.02. The van der Waals surface area contributed by atoms with E-state index in [2.05, 4.69) is 27.2 Å². The number of hydrogen-bond acceptors (Lipinski definition) is 10. The molecule has 6 atom stereocenters. The van der Waals surface area contributed by atoms with Gasteiger partial charge in [-0.25, -0.2) is 23.4 Å². The maximum atomic E-state index is 13.4. The Hall–Kier alpha value is -2.45. The molecule has 2 heterocycles. The lowest BCUT2D eigenvalue weighted by atomic mass is 10.1. The lowest BCUT2D eigenvalue weighted by Gasteiger charge is -2.17.